The van der Waals surface area contributed by atoms with Crippen molar-refractivity contribution in [2.24, 2.45) is 0 Å². The van der Waals surface area contributed by atoms with Gasteiger partial charge in [-0.05, 0) is 49.6 Å². The third kappa shape index (κ3) is 3.85. The number of carbonyl (C=O) groups excluding carboxylic acids is 2. The first-order valence-corrected chi connectivity index (χ1v) is 8.82. The number of ether oxygens (including phenoxy) is 1. The number of amides is 2. The molecule has 0 spiro atoms. The number of benzene rings is 1. The molecule has 6 heteroatoms. The number of fused-ring (bicyclic) bond motifs is 1. The first kappa shape index (κ1) is 17.9. The maximum absolute atomic E-state index is 12.7. The number of nitrogens with one attached hydrogen (secondary N) is 2. The molecule has 1 aromatic carbocycles. The molecule has 0 saturated carbocycles. The van der Waals surface area contributed by atoms with Gasteiger partial charge < -0.3 is 15.4 Å². The molecule has 0 aliphatic carbocycles. The van der Waals surface area contributed by atoms with E-state index in [9.17, 15) is 9.59 Å². The van der Waals surface area contributed by atoms with E-state index in [0.717, 1.165) is 28.9 Å². The Hall–Kier alpha value is -2.89. The van der Waals surface area contributed by atoms with E-state index in [1.165, 1.54) is 0 Å². The summed E-state index contributed by atoms with van der Waals surface area (Å²) in [5, 5.41) is 5.80. The lowest BCUT2D eigenvalue weighted by Gasteiger charge is -2.17. The molecule has 3 rings (SSSR count). The van der Waals surface area contributed by atoms with Crippen molar-refractivity contribution in [1.82, 2.24) is 10.3 Å². The quantitative estimate of drug-likeness (QED) is 0.836. The van der Waals surface area contributed by atoms with Crippen molar-refractivity contribution >= 4 is 17.5 Å². The second kappa shape index (κ2) is 7.56. The highest BCUT2D eigenvalue weighted by Gasteiger charge is 2.21. The molecule has 1 aromatic heterocycles. The van der Waals surface area contributed by atoms with Gasteiger partial charge in [0, 0.05) is 11.4 Å². The lowest BCUT2D eigenvalue weighted by molar-refractivity contribution is -0.115. The van der Waals surface area contributed by atoms with Crippen LogP contribution >= 0.6 is 0 Å². The van der Waals surface area contributed by atoms with Crippen LogP contribution in [0.4, 0.5) is 5.69 Å². The standard InChI is InChI=1S/C20H23N3O3/c1-4-9-26-20-16(7-5-12(2)21-20)19(25)22-13(3)14-6-8-17-15(10-14)11-18(24)23-17/h5-8,10,13H,4,9,11H2,1-3H3,(H,22,25)(H,23,24)/t13-/m0/s1. The highest BCUT2D eigenvalue weighted by atomic mass is 16.5. The van der Waals surface area contributed by atoms with Crippen LogP contribution in [0.1, 0.15) is 53.5 Å². The maximum atomic E-state index is 12.7. The van der Waals surface area contributed by atoms with Crippen molar-refractivity contribution in [1.29, 1.82) is 0 Å². The summed E-state index contributed by atoms with van der Waals surface area (Å²) in [4.78, 5) is 28.5. The largest absolute Gasteiger partial charge is 0.477 e. The molecule has 0 saturated heterocycles. The minimum absolute atomic E-state index is 0.00252. The Labute approximate surface area is 153 Å². The third-order valence-electron chi connectivity index (χ3n) is 4.29. The molecule has 2 heterocycles. The number of hydrogen-bond acceptors (Lipinski definition) is 4. The van der Waals surface area contributed by atoms with Crippen LogP contribution in [-0.2, 0) is 11.2 Å². The first-order valence-electron chi connectivity index (χ1n) is 8.82. The van der Waals surface area contributed by atoms with Gasteiger partial charge in [-0.2, -0.15) is 0 Å². The third-order valence-corrected chi connectivity index (χ3v) is 4.29. The number of aryl methyl sites for hydroxylation is 1. The van der Waals surface area contributed by atoms with Crippen molar-refractivity contribution in [2.75, 3.05) is 11.9 Å². The minimum atomic E-state index is -0.231. The van der Waals surface area contributed by atoms with E-state index < -0.39 is 0 Å². The number of rotatable bonds is 6. The van der Waals surface area contributed by atoms with Crippen LogP contribution in [0.5, 0.6) is 5.88 Å². The summed E-state index contributed by atoms with van der Waals surface area (Å²) < 4.78 is 5.63. The molecule has 136 valence electrons. The molecular formula is C20H23N3O3. The number of hydrogen-bond donors (Lipinski definition) is 2. The van der Waals surface area contributed by atoms with Gasteiger partial charge in [-0.1, -0.05) is 19.1 Å². The van der Waals surface area contributed by atoms with E-state index >= 15 is 0 Å². The zero-order valence-electron chi connectivity index (χ0n) is 15.3. The van der Waals surface area contributed by atoms with E-state index in [4.69, 9.17) is 4.74 Å². The van der Waals surface area contributed by atoms with Gasteiger partial charge in [-0.3, -0.25) is 9.59 Å². The van der Waals surface area contributed by atoms with Crippen molar-refractivity contribution in [2.45, 2.75) is 39.7 Å². The molecule has 2 aromatic rings. The van der Waals surface area contributed by atoms with Crippen LogP contribution in [0.15, 0.2) is 30.3 Å². The molecule has 1 atom stereocenters. The van der Waals surface area contributed by atoms with Crippen LogP contribution in [0, 0.1) is 6.92 Å². The van der Waals surface area contributed by atoms with E-state index in [1.807, 2.05) is 39.0 Å². The van der Waals surface area contributed by atoms with E-state index in [1.54, 1.807) is 12.1 Å². The van der Waals surface area contributed by atoms with E-state index in [0.29, 0.717) is 24.5 Å². The van der Waals surface area contributed by atoms with Crippen LogP contribution < -0.4 is 15.4 Å². The minimum Gasteiger partial charge on any atom is -0.477 e. The Balaban J connectivity index is 1.76. The van der Waals surface area contributed by atoms with Gasteiger partial charge in [-0.25, -0.2) is 4.98 Å². The molecule has 0 unspecified atom stereocenters. The van der Waals surface area contributed by atoms with Gasteiger partial charge in [0.05, 0.1) is 19.1 Å². The van der Waals surface area contributed by atoms with Gasteiger partial charge in [-0.15, -0.1) is 0 Å². The monoisotopic (exact) mass is 353 g/mol. The Morgan fingerprint density at radius 1 is 1.35 bits per heavy atom. The predicted octanol–water partition coefficient (Wildman–Crippen LogP) is 3.16. The first-order chi connectivity index (χ1) is 12.5. The van der Waals surface area contributed by atoms with Gasteiger partial charge >= 0.3 is 0 Å². The summed E-state index contributed by atoms with van der Waals surface area (Å²) in [6.07, 6.45) is 1.22. The zero-order valence-corrected chi connectivity index (χ0v) is 15.3. The summed E-state index contributed by atoms with van der Waals surface area (Å²) >= 11 is 0. The van der Waals surface area contributed by atoms with Crippen molar-refractivity contribution in [3.8, 4) is 5.88 Å². The number of pyridine rings is 1. The molecule has 26 heavy (non-hydrogen) atoms. The van der Waals surface area contributed by atoms with Crippen LogP contribution in [0.25, 0.3) is 0 Å². The Kier molecular flexibility index (Phi) is 5.21. The maximum Gasteiger partial charge on any atom is 0.257 e. The topological polar surface area (TPSA) is 80.3 Å². The van der Waals surface area contributed by atoms with Crippen LogP contribution in [0.2, 0.25) is 0 Å². The Bertz CT molecular complexity index is 848. The van der Waals surface area contributed by atoms with Crippen molar-refractivity contribution in [3.05, 3.63) is 52.7 Å². The second-order valence-corrected chi connectivity index (χ2v) is 6.49. The molecule has 1 aliphatic rings. The molecular weight excluding hydrogens is 330 g/mol. The SMILES string of the molecule is CCCOc1nc(C)ccc1C(=O)N[C@@H](C)c1ccc2c(c1)CC(=O)N2. The highest BCUT2D eigenvalue weighted by Crippen LogP contribution is 2.27. The van der Waals surface area contributed by atoms with Crippen LogP contribution in [-0.4, -0.2) is 23.4 Å². The molecule has 1 aliphatic heterocycles. The Morgan fingerprint density at radius 3 is 2.92 bits per heavy atom. The lowest BCUT2D eigenvalue weighted by atomic mass is 10.0. The summed E-state index contributed by atoms with van der Waals surface area (Å²) in [5.41, 5.74) is 3.97. The van der Waals surface area contributed by atoms with Crippen LogP contribution in [0.3, 0.4) is 0 Å². The van der Waals surface area contributed by atoms with Crippen molar-refractivity contribution in [3.63, 3.8) is 0 Å². The predicted molar refractivity (Wildman–Crippen MR) is 99.4 cm³/mol. The fraction of sp³-hybridized carbons (Fsp3) is 0.350. The summed E-state index contributed by atoms with van der Waals surface area (Å²) in [6, 6.07) is 9.08. The van der Waals surface area contributed by atoms with Gasteiger partial charge in [0.1, 0.15) is 5.56 Å². The Morgan fingerprint density at radius 2 is 2.15 bits per heavy atom. The normalized spacial score (nSPS) is 13.7. The molecule has 6 nitrogen and oxygen atoms in total. The second-order valence-electron chi connectivity index (χ2n) is 6.49. The number of nitrogens with zero attached hydrogens (tertiary/aromatic N) is 1. The molecule has 0 fully saturated rings. The van der Waals surface area contributed by atoms with E-state index in [2.05, 4.69) is 15.6 Å². The van der Waals surface area contributed by atoms with E-state index in [-0.39, 0.29) is 17.9 Å². The van der Waals surface area contributed by atoms with Gasteiger partial charge in [0.2, 0.25) is 11.8 Å². The van der Waals surface area contributed by atoms with Gasteiger partial charge in [0.15, 0.2) is 0 Å². The smallest absolute Gasteiger partial charge is 0.257 e. The fourth-order valence-electron chi connectivity index (χ4n) is 2.89. The zero-order chi connectivity index (χ0) is 18.7. The summed E-state index contributed by atoms with van der Waals surface area (Å²) in [6.45, 7) is 6.30. The average molecular weight is 353 g/mol. The highest BCUT2D eigenvalue weighted by molar-refractivity contribution is 5.99. The van der Waals surface area contributed by atoms with Gasteiger partial charge in [0.25, 0.3) is 5.91 Å². The molecule has 0 radical (unpaired) electrons. The summed E-state index contributed by atoms with van der Waals surface area (Å²) in [7, 11) is 0. The van der Waals surface area contributed by atoms with Crippen molar-refractivity contribution < 1.29 is 14.3 Å². The molecule has 2 amide bonds. The molecule has 0 bridgehead atoms. The number of carbonyl (C=O) groups is 2. The molecule has 2 N–H and O–H groups in total. The number of anilines is 1. The summed E-state index contributed by atoms with van der Waals surface area (Å²) in [5.74, 6) is 0.128. The fourth-order valence-corrected chi connectivity index (χ4v) is 2.89. The lowest BCUT2D eigenvalue weighted by Crippen LogP contribution is -2.27. The average Bonchev–Trinajstić information content (AvgIpc) is 2.98. The number of aromatic nitrogens is 1.